The normalized spacial score (nSPS) is 18.0. The van der Waals surface area contributed by atoms with Crippen LogP contribution in [-0.2, 0) is 6.42 Å². The molecular weight excluding hydrogens is 264 g/mol. The van der Waals surface area contributed by atoms with Crippen molar-refractivity contribution in [2.24, 2.45) is 0 Å². The van der Waals surface area contributed by atoms with Crippen LogP contribution < -0.4 is 0 Å². The van der Waals surface area contributed by atoms with Crippen LogP contribution >= 0.6 is 0 Å². The SMILES string of the molecule is Cc1nc2nc3c(cn2n1)C(=O)C[C@H](c1ccccc1)C3. The highest BCUT2D eigenvalue weighted by molar-refractivity contribution is 5.98. The molecule has 0 aliphatic heterocycles. The minimum Gasteiger partial charge on any atom is -0.294 e. The number of fused-ring (bicyclic) bond motifs is 2. The fraction of sp³-hybridized carbons (Fsp3) is 0.250. The van der Waals surface area contributed by atoms with E-state index < -0.39 is 0 Å². The first kappa shape index (κ1) is 12.2. The van der Waals surface area contributed by atoms with E-state index in [0.717, 1.165) is 12.1 Å². The average molecular weight is 278 g/mol. The Morgan fingerprint density at radius 3 is 2.76 bits per heavy atom. The molecule has 5 nitrogen and oxygen atoms in total. The highest BCUT2D eigenvalue weighted by Gasteiger charge is 2.28. The molecule has 21 heavy (non-hydrogen) atoms. The first-order valence-corrected chi connectivity index (χ1v) is 7.02. The third kappa shape index (κ3) is 2.01. The van der Waals surface area contributed by atoms with Crippen molar-refractivity contribution in [2.45, 2.75) is 25.7 Å². The number of hydrogen-bond donors (Lipinski definition) is 0. The summed E-state index contributed by atoms with van der Waals surface area (Å²) in [5.41, 5.74) is 2.70. The van der Waals surface area contributed by atoms with Crippen LogP contribution in [0.15, 0.2) is 36.5 Å². The van der Waals surface area contributed by atoms with Crippen molar-refractivity contribution >= 4 is 11.6 Å². The number of benzene rings is 1. The molecule has 0 saturated heterocycles. The monoisotopic (exact) mass is 278 g/mol. The molecule has 1 aliphatic rings. The lowest BCUT2D eigenvalue weighted by Gasteiger charge is -2.22. The van der Waals surface area contributed by atoms with E-state index >= 15 is 0 Å². The molecule has 104 valence electrons. The minimum atomic E-state index is 0.132. The predicted molar refractivity (Wildman–Crippen MR) is 77.4 cm³/mol. The second-order valence-electron chi connectivity index (χ2n) is 5.44. The Morgan fingerprint density at radius 2 is 1.95 bits per heavy atom. The number of rotatable bonds is 1. The zero-order valence-corrected chi connectivity index (χ0v) is 11.7. The maximum absolute atomic E-state index is 12.4. The van der Waals surface area contributed by atoms with Gasteiger partial charge < -0.3 is 0 Å². The lowest BCUT2D eigenvalue weighted by atomic mass is 9.82. The van der Waals surface area contributed by atoms with Gasteiger partial charge in [-0.05, 0) is 24.8 Å². The Bertz CT molecular complexity index is 838. The molecule has 0 spiro atoms. The number of hydrogen-bond acceptors (Lipinski definition) is 4. The third-order valence-corrected chi connectivity index (χ3v) is 3.96. The Labute approximate surface area is 121 Å². The van der Waals surface area contributed by atoms with Gasteiger partial charge in [-0.1, -0.05) is 30.3 Å². The van der Waals surface area contributed by atoms with Crippen LogP contribution in [-0.4, -0.2) is 25.4 Å². The molecule has 1 atom stereocenters. The number of aromatic nitrogens is 4. The maximum Gasteiger partial charge on any atom is 0.252 e. The summed E-state index contributed by atoms with van der Waals surface area (Å²) in [4.78, 5) is 21.2. The van der Waals surface area contributed by atoms with Gasteiger partial charge in [-0.15, -0.1) is 0 Å². The summed E-state index contributed by atoms with van der Waals surface area (Å²) in [6.07, 6.45) is 3.06. The van der Waals surface area contributed by atoms with Crippen molar-refractivity contribution in [1.82, 2.24) is 19.6 Å². The quantitative estimate of drug-likeness (QED) is 0.685. The Kier molecular flexibility index (Phi) is 2.60. The molecule has 0 N–H and O–H groups in total. The van der Waals surface area contributed by atoms with Crippen LogP contribution in [0.4, 0.5) is 0 Å². The fourth-order valence-corrected chi connectivity index (χ4v) is 2.95. The molecule has 0 saturated carbocycles. The van der Waals surface area contributed by atoms with Crippen LogP contribution in [0.5, 0.6) is 0 Å². The lowest BCUT2D eigenvalue weighted by molar-refractivity contribution is 0.0962. The summed E-state index contributed by atoms with van der Waals surface area (Å²) >= 11 is 0. The van der Waals surface area contributed by atoms with E-state index in [-0.39, 0.29) is 11.7 Å². The molecule has 3 aromatic rings. The number of carbonyl (C=O) groups excluding carboxylic acids is 1. The van der Waals surface area contributed by atoms with E-state index in [2.05, 4.69) is 27.2 Å². The molecule has 1 aromatic carbocycles. The lowest BCUT2D eigenvalue weighted by Crippen LogP contribution is -2.21. The molecule has 0 bridgehead atoms. The Balaban J connectivity index is 1.80. The number of carbonyl (C=O) groups is 1. The van der Waals surface area contributed by atoms with E-state index in [1.165, 1.54) is 5.56 Å². The zero-order valence-electron chi connectivity index (χ0n) is 11.7. The first-order chi connectivity index (χ1) is 10.2. The summed E-state index contributed by atoms with van der Waals surface area (Å²) in [6, 6.07) is 10.1. The summed E-state index contributed by atoms with van der Waals surface area (Å²) in [7, 11) is 0. The van der Waals surface area contributed by atoms with E-state index in [9.17, 15) is 4.79 Å². The van der Waals surface area contributed by atoms with Gasteiger partial charge in [0.05, 0.1) is 11.3 Å². The van der Waals surface area contributed by atoms with Crippen LogP contribution in [0, 0.1) is 6.92 Å². The van der Waals surface area contributed by atoms with Crippen LogP contribution in [0.25, 0.3) is 5.78 Å². The summed E-state index contributed by atoms with van der Waals surface area (Å²) in [6.45, 7) is 1.82. The minimum absolute atomic E-state index is 0.132. The molecule has 2 heterocycles. The van der Waals surface area contributed by atoms with Gasteiger partial charge in [0.15, 0.2) is 5.78 Å². The zero-order chi connectivity index (χ0) is 14.4. The van der Waals surface area contributed by atoms with Gasteiger partial charge in [-0.2, -0.15) is 10.1 Å². The van der Waals surface area contributed by atoms with Gasteiger partial charge in [0.1, 0.15) is 5.82 Å². The van der Waals surface area contributed by atoms with Crippen molar-refractivity contribution < 1.29 is 4.79 Å². The topological polar surface area (TPSA) is 60.1 Å². The van der Waals surface area contributed by atoms with Crippen molar-refractivity contribution in [3.8, 4) is 0 Å². The second kappa shape index (κ2) is 4.48. The van der Waals surface area contributed by atoms with E-state index in [4.69, 9.17) is 0 Å². The van der Waals surface area contributed by atoms with Gasteiger partial charge in [-0.3, -0.25) is 4.79 Å². The number of Topliss-reactive ketones (excluding diaryl/α,β-unsaturated/α-hetero) is 1. The second-order valence-corrected chi connectivity index (χ2v) is 5.44. The smallest absolute Gasteiger partial charge is 0.252 e. The molecule has 0 unspecified atom stereocenters. The van der Waals surface area contributed by atoms with Crippen molar-refractivity contribution in [3.63, 3.8) is 0 Å². The summed E-state index contributed by atoms with van der Waals surface area (Å²) in [5, 5.41) is 4.22. The fourth-order valence-electron chi connectivity index (χ4n) is 2.95. The van der Waals surface area contributed by atoms with Crippen LogP contribution in [0.2, 0.25) is 0 Å². The van der Waals surface area contributed by atoms with Crippen LogP contribution in [0.3, 0.4) is 0 Å². The van der Waals surface area contributed by atoms with Gasteiger partial charge in [0.25, 0.3) is 5.78 Å². The summed E-state index contributed by atoms with van der Waals surface area (Å²) in [5.74, 6) is 1.56. The number of aryl methyl sites for hydroxylation is 1. The van der Waals surface area contributed by atoms with E-state index in [1.54, 1.807) is 10.7 Å². The summed E-state index contributed by atoms with van der Waals surface area (Å²) < 4.78 is 1.59. The molecule has 4 rings (SSSR count). The standard InChI is InChI=1S/C16H14N4O/c1-10-17-16-18-14-7-12(11-5-3-2-4-6-11)8-15(21)13(14)9-20(16)19-10/h2-6,9,12H,7-8H2,1H3/t12-/m1/s1. The number of nitrogens with zero attached hydrogens (tertiary/aromatic N) is 4. The average Bonchev–Trinajstić information content (AvgIpc) is 2.85. The molecule has 0 radical (unpaired) electrons. The van der Waals surface area contributed by atoms with Crippen molar-refractivity contribution in [1.29, 1.82) is 0 Å². The Morgan fingerprint density at radius 1 is 1.14 bits per heavy atom. The van der Waals surface area contributed by atoms with E-state index in [0.29, 0.717) is 23.6 Å². The highest BCUT2D eigenvalue weighted by atomic mass is 16.1. The van der Waals surface area contributed by atoms with Gasteiger partial charge in [0.2, 0.25) is 0 Å². The van der Waals surface area contributed by atoms with Gasteiger partial charge in [-0.25, -0.2) is 9.50 Å². The largest absolute Gasteiger partial charge is 0.294 e. The molecule has 5 heteroatoms. The first-order valence-electron chi connectivity index (χ1n) is 7.02. The Hall–Kier alpha value is -2.56. The molecule has 1 aliphatic carbocycles. The number of ketones is 1. The molecular formula is C16H14N4O. The maximum atomic E-state index is 12.4. The van der Waals surface area contributed by atoms with E-state index in [1.807, 2.05) is 25.1 Å². The molecule has 2 aromatic heterocycles. The third-order valence-electron chi connectivity index (χ3n) is 3.96. The molecule has 0 amide bonds. The van der Waals surface area contributed by atoms with Crippen molar-refractivity contribution in [3.05, 3.63) is 59.2 Å². The highest BCUT2D eigenvalue weighted by Crippen LogP contribution is 2.31. The van der Waals surface area contributed by atoms with Crippen LogP contribution in [0.1, 0.15) is 39.8 Å². The van der Waals surface area contributed by atoms with Gasteiger partial charge in [0, 0.05) is 12.6 Å². The predicted octanol–water partition coefficient (Wildman–Crippen LogP) is 2.35. The van der Waals surface area contributed by atoms with Gasteiger partial charge >= 0.3 is 0 Å². The van der Waals surface area contributed by atoms with Crippen molar-refractivity contribution in [2.75, 3.05) is 0 Å². The molecule has 0 fully saturated rings.